The molecular weight excluding hydrogens is 605 g/mol. The van der Waals surface area contributed by atoms with Crippen molar-refractivity contribution in [3.63, 3.8) is 0 Å². The highest BCUT2D eigenvalue weighted by Crippen LogP contribution is 2.44. The summed E-state index contributed by atoms with van der Waals surface area (Å²) in [6.45, 7) is 2.15. The van der Waals surface area contributed by atoms with Gasteiger partial charge >= 0.3 is 0 Å². The van der Waals surface area contributed by atoms with Crippen LogP contribution in [0.1, 0.15) is 62.5 Å². The van der Waals surface area contributed by atoms with Crippen molar-refractivity contribution in [2.24, 2.45) is 11.7 Å². The molecule has 240 valence electrons. The molecule has 45 heavy (non-hydrogen) atoms. The Morgan fingerprint density at radius 3 is 2.53 bits per heavy atom. The van der Waals surface area contributed by atoms with Gasteiger partial charge in [0.25, 0.3) is 0 Å². The Kier molecular flexibility index (Phi) is 8.61. The Morgan fingerprint density at radius 1 is 1.11 bits per heavy atom. The van der Waals surface area contributed by atoms with Crippen LogP contribution in [0.3, 0.4) is 0 Å². The van der Waals surface area contributed by atoms with Crippen molar-refractivity contribution in [3.8, 4) is 11.3 Å². The van der Waals surface area contributed by atoms with E-state index in [-0.39, 0.29) is 66.0 Å². The van der Waals surface area contributed by atoms with Crippen LogP contribution in [-0.4, -0.2) is 58.8 Å². The average molecular weight is 643 g/mol. The van der Waals surface area contributed by atoms with E-state index in [0.29, 0.717) is 36.4 Å². The summed E-state index contributed by atoms with van der Waals surface area (Å²) in [6.07, 6.45) is 9.14. The second-order valence-electron chi connectivity index (χ2n) is 12.5. The summed E-state index contributed by atoms with van der Waals surface area (Å²) in [5, 5.41) is 7.80. The molecule has 0 spiro atoms. The van der Waals surface area contributed by atoms with E-state index in [1.165, 1.54) is 16.8 Å². The fourth-order valence-corrected chi connectivity index (χ4v) is 7.23. The van der Waals surface area contributed by atoms with Crippen molar-refractivity contribution in [2.45, 2.75) is 69.2 Å². The molecule has 3 aromatic heterocycles. The molecule has 1 aromatic carbocycles. The fourth-order valence-electron chi connectivity index (χ4n) is 6.83. The Hall–Kier alpha value is -3.55. The normalized spacial score (nSPS) is 23.4. The minimum Gasteiger partial charge on any atom is -0.375 e. The lowest BCUT2D eigenvalue weighted by atomic mass is 9.74. The van der Waals surface area contributed by atoms with Gasteiger partial charge in [0.15, 0.2) is 0 Å². The molecule has 9 nitrogen and oxygen atoms in total. The van der Waals surface area contributed by atoms with E-state index in [2.05, 4.69) is 20.4 Å². The van der Waals surface area contributed by atoms with Crippen LogP contribution in [0.2, 0.25) is 0 Å². The SMILES string of the molecule is CC1CC(c2ccncc2Nc2ncc3ccc(-c4c(F)cc(C5(F)CCCC5)cc4F)nn23)CC(N)C1OCCS(C)(=O)=O. The van der Waals surface area contributed by atoms with Gasteiger partial charge in [-0.15, -0.1) is 0 Å². The Labute approximate surface area is 260 Å². The number of nitrogens with zero attached hydrogens (tertiary/aromatic N) is 4. The molecule has 0 bridgehead atoms. The van der Waals surface area contributed by atoms with Gasteiger partial charge in [0.2, 0.25) is 5.95 Å². The zero-order valence-corrected chi connectivity index (χ0v) is 26.0. The molecular formula is C32H37F3N6O3S. The molecule has 2 aliphatic carbocycles. The monoisotopic (exact) mass is 642 g/mol. The van der Waals surface area contributed by atoms with Gasteiger partial charge in [-0.1, -0.05) is 6.92 Å². The molecule has 0 saturated heterocycles. The van der Waals surface area contributed by atoms with Gasteiger partial charge in [0.1, 0.15) is 27.1 Å². The maximum Gasteiger partial charge on any atom is 0.229 e. The number of rotatable bonds is 9. The van der Waals surface area contributed by atoms with E-state index in [0.717, 1.165) is 24.1 Å². The van der Waals surface area contributed by atoms with Crippen LogP contribution in [0.5, 0.6) is 0 Å². The van der Waals surface area contributed by atoms with E-state index >= 15 is 13.2 Å². The minimum absolute atomic E-state index is 0.0254. The first-order valence-electron chi connectivity index (χ1n) is 15.2. The number of aromatic nitrogens is 4. The maximum absolute atomic E-state index is 15.3. The van der Waals surface area contributed by atoms with E-state index in [9.17, 15) is 8.42 Å². The van der Waals surface area contributed by atoms with Crippen molar-refractivity contribution >= 4 is 27.0 Å². The van der Waals surface area contributed by atoms with E-state index < -0.39 is 27.1 Å². The Morgan fingerprint density at radius 2 is 1.84 bits per heavy atom. The van der Waals surface area contributed by atoms with Crippen molar-refractivity contribution in [3.05, 3.63) is 71.7 Å². The number of ether oxygens (including phenoxy) is 1. The number of hydrogen-bond acceptors (Lipinski definition) is 8. The first-order valence-corrected chi connectivity index (χ1v) is 17.3. The quantitative estimate of drug-likeness (QED) is 0.234. The molecule has 4 atom stereocenters. The summed E-state index contributed by atoms with van der Waals surface area (Å²) in [5.74, 6) is -1.33. The molecule has 3 N–H and O–H groups in total. The van der Waals surface area contributed by atoms with Crippen molar-refractivity contribution in [1.82, 2.24) is 19.6 Å². The molecule has 0 amide bonds. The number of anilines is 2. The lowest BCUT2D eigenvalue weighted by Crippen LogP contribution is -2.47. The third kappa shape index (κ3) is 6.56. The molecule has 13 heteroatoms. The summed E-state index contributed by atoms with van der Waals surface area (Å²) in [6, 6.07) is 6.96. The molecule has 4 unspecified atom stereocenters. The standard InChI is InChI=1S/C32H37F3N6O3S/c1-19-13-20(14-26(36)30(19)44-11-12-45(2,42)43)23-7-10-37-18-28(23)39-31-38-17-22-5-6-27(40-41(22)31)29-24(33)15-21(16-25(29)34)32(35)8-3-4-9-32/h5-7,10,15-20,26,30H,3-4,8-9,11-14,36H2,1-2H3,(H,38,39). The second kappa shape index (κ2) is 12.3. The van der Waals surface area contributed by atoms with E-state index in [4.69, 9.17) is 10.5 Å². The molecule has 2 aliphatic rings. The molecule has 2 saturated carbocycles. The zero-order chi connectivity index (χ0) is 31.9. The fraction of sp³-hybridized carbons (Fsp3) is 0.469. The lowest BCUT2D eigenvalue weighted by molar-refractivity contribution is -0.0152. The van der Waals surface area contributed by atoms with E-state index in [1.54, 1.807) is 24.7 Å². The van der Waals surface area contributed by atoms with Crippen LogP contribution in [-0.2, 0) is 20.2 Å². The third-order valence-corrected chi connectivity index (χ3v) is 10.0. The summed E-state index contributed by atoms with van der Waals surface area (Å²) < 4.78 is 76.4. The predicted octanol–water partition coefficient (Wildman–Crippen LogP) is 5.82. The summed E-state index contributed by atoms with van der Waals surface area (Å²) in [7, 11) is -3.14. The van der Waals surface area contributed by atoms with Crippen LogP contribution >= 0.6 is 0 Å². The van der Waals surface area contributed by atoms with Gasteiger partial charge in [0.05, 0.1) is 53.3 Å². The average Bonchev–Trinajstić information content (AvgIpc) is 3.60. The van der Waals surface area contributed by atoms with Crippen LogP contribution in [0.15, 0.2) is 48.9 Å². The first-order chi connectivity index (χ1) is 21.4. The number of fused-ring (bicyclic) bond motifs is 1. The topological polar surface area (TPSA) is 124 Å². The summed E-state index contributed by atoms with van der Waals surface area (Å²) in [4.78, 5) is 8.75. The molecule has 6 rings (SSSR count). The molecule has 0 radical (unpaired) electrons. The highest BCUT2D eigenvalue weighted by Gasteiger charge is 2.38. The highest BCUT2D eigenvalue weighted by molar-refractivity contribution is 7.90. The van der Waals surface area contributed by atoms with Crippen molar-refractivity contribution < 1.29 is 26.3 Å². The largest absolute Gasteiger partial charge is 0.375 e. The number of sulfone groups is 1. The first kappa shape index (κ1) is 31.4. The van der Waals surface area contributed by atoms with Gasteiger partial charge in [-0.3, -0.25) is 4.98 Å². The van der Waals surface area contributed by atoms with Crippen molar-refractivity contribution in [2.75, 3.05) is 23.9 Å². The number of benzene rings is 1. The van der Waals surface area contributed by atoms with Gasteiger partial charge in [0, 0.05) is 18.5 Å². The van der Waals surface area contributed by atoms with Crippen molar-refractivity contribution in [1.29, 1.82) is 0 Å². The molecule has 4 aromatic rings. The molecule has 2 fully saturated rings. The van der Waals surface area contributed by atoms with Gasteiger partial charge in [-0.25, -0.2) is 26.6 Å². The summed E-state index contributed by atoms with van der Waals surface area (Å²) in [5.41, 5.74) is 6.81. The predicted molar refractivity (Wildman–Crippen MR) is 166 cm³/mol. The maximum atomic E-state index is 15.3. The number of nitrogens with two attached hydrogens (primary N) is 1. The highest BCUT2D eigenvalue weighted by atomic mass is 32.2. The van der Waals surface area contributed by atoms with Gasteiger partial charge in [-0.2, -0.15) is 9.61 Å². The number of halogens is 3. The van der Waals surface area contributed by atoms with Crippen LogP contribution in [0, 0.1) is 17.6 Å². The third-order valence-electron chi connectivity index (χ3n) is 9.10. The number of pyridine rings is 1. The van der Waals surface area contributed by atoms with Crippen LogP contribution < -0.4 is 11.1 Å². The van der Waals surface area contributed by atoms with Crippen LogP contribution in [0.4, 0.5) is 24.8 Å². The van der Waals surface area contributed by atoms with E-state index in [1.807, 2.05) is 13.0 Å². The Bertz CT molecular complexity index is 1780. The number of imidazole rings is 1. The number of hydrogen-bond donors (Lipinski definition) is 2. The number of nitrogens with one attached hydrogen (secondary N) is 1. The zero-order valence-electron chi connectivity index (χ0n) is 25.2. The molecule has 0 aliphatic heterocycles. The lowest BCUT2D eigenvalue weighted by Gasteiger charge is -2.39. The van der Waals surface area contributed by atoms with Gasteiger partial charge < -0.3 is 15.8 Å². The van der Waals surface area contributed by atoms with Gasteiger partial charge in [-0.05, 0) is 91.8 Å². The molecule has 3 heterocycles. The van der Waals surface area contributed by atoms with Crippen LogP contribution in [0.25, 0.3) is 16.8 Å². The second-order valence-corrected chi connectivity index (χ2v) is 14.7. The Balaban J connectivity index is 1.24. The minimum atomic E-state index is -3.14. The summed E-state index contributed by atoms with van der Waals surface area (Å²) >= 11 is 0. The smallest absolute Gasteiger partial charge is 0.229 e. The number of alkyl halides is 1.